The van der Waals surface area contributed by atoms with E-state index in [-0.39, 0.29) is 12.0 Å². The van der Waals surface area contributed by atoms with Gasteiger partial charge in [0.15, 0.2) is 0 Å². The summed E-state index contributed by atoms with van der Waals surface area (Å²) in [6.45, 7) is 0. The van der Waals surface area contributed by atoms with E-state index in [4.69, 9.17) is 15.8 Å². The number of aliphatic imine (C=N–C) groups is 1. The Hall–Kier alpha value is -2.90. The third-order valence-corrected chi connectivity index (χ3v) is 2.48. The van der Waals surface area contributed by atoms with E-state index in [1.807, 2.05) is 24.3 Å². The van der Waals surface area contributed by atoms with Gasteiger partial charge in [-0.2, -0.15) is 15.8 Å². The molecule has 0 saturated heterocycles. The summed E-state index contributed by atoms with van der Waals surface area (Å²) in [5.74, 6) is 0. The van der Waals surface area contributed by atoms with Gasteiger partial charge in [-0.1, -0.05) is 18.2 Å². The van der Waals surface area contributed by atoms with Crippen LogP contribution in [-0.2, 0) is 0 Å². The highest BCUT2D eigenvalue weighted by Crippen LogP contribution is 2.35. The van der Waals surface area contributed by atoms with E-state index in [1.165, 1.54) is 0 Å². The molecular weight excluding hydrogens is 212 g/mol. The van der Waals surface area contributed by atoms with Crippen LogP contribution in [0.5, 0.6) is 0 Å². The van der Waals surface area contributed by atoms with Gasteiger partial charge < -0.3 is 0 Å². The van der Waals surface area contributed by atoms with Crippen LogP contribution in [0, 0.1) is 34.0 Å². The Bertz CT molecular complexity index is 644. The van der Waals surface area contributed by atoms with Gasteiger partial charge in [0.05, 0.1) is 5.69 Å². The Morgan fingerprint density at radius 2 is 1.82 bits per heavy atom. The minimum absolute atomic E-state index is 0.0418. The summed E-state index contributed by atoms with van der Waals surface area (Å²) in [6, 6.07) is 12.9. The number of nitriles is 3. The van der Waals surface area contributed by atoms with Gasteiger partial charge in [0, 0.05) is 12.0 Å². The minimum Gasteiger partial charge on any atom is -0.241 e. The first-order valence-electron chi connectivity index (χ1n) is 4.90. The second-order valence-corrected chi connectivity index (χ2v) is 3.44. The standard InChI is InChI=1S/C13H6N4/c14-6-9(7-15)12-5-10(8-16)17-13-4-2-1-3-11(12)13/h1-4H,5H2. The molecule has 1 aliphatic heterocycles. The molecule has 0 amide bonds. The van der Waals surface area contributed by atoms with E-state index >= 15 is 0 Å². The number of para-hydroxylation sites is 1. The van der Waals surface area contributed by atoms with Crippen molar-refractivity contribution in [3.8, 4) is 18.2 Å². The molecule has 0 atom stereocenters. The van der Waals surface area contributed by atoms with E-state index < -0.39 is 0 Å². The fraction of sp³-hybridized carbons (Fsp3) is 0.0769. The van der Waals surface area contributed by atoms with Crippen LogP contribution in [0.1, 0.15) is 12.0 Å². The van der Waals surface area contributed by atoms with Crippen LogP contribution in [0.3, 0.4) is 0 Å². The summed E-state index contributed by atoms with van der Waals surface area (Å²) in [5, 5.41) is 26.7. The highest BCUT2D eigenvalue weighted by molar-refractivity contribution is 6.10. The molecule has 0 N–H and O–H groups in total. The Morgan fingerprint density at radius 1 is 1.12 bits per heavy atom. The summed E-state index contributed by atoms with van der Waals surface area (Å²) in [6.07, 6.45) is 0.240. The molecule has 1 heterocycles. The van der Waals surface area contributed by atoms with Gasteiger partial charge in [0.2, 0.25) is 0 Å². The lowest BCUT2D eigenvalue weighted by Crippen LogP contribution is -2.04. The van der Waals surface area contributed by atoms with Gasteiger partial charge in [0.1, 0.15) is 29.5 Å². The normalized spacial score (nSPS) is 12.5. The molecule has 0 spiro atoms. The van der Waals surface area contributed by atoms with Crippen molar-refractivity contribution in [3.63, 3.8) is 0 Å². The monoisotopic (exact) mass is 218 g/mol. The van der Waals surface area contributed by atoms with E-state index in [9.17, 15) is 0 Å². The summed E-state index contributed by atoms with van der Waals surface area (Å²) in [7, 11) is 0. The van der Waals surface area contributed by atoms with Crippen molar-refractivity contribution >= 4 is 17.0 Å². The smallest absolute Gasteiger partial charge is 0.133 e. The summed E-state index contributed by atoms with van der Waals surface area (Å²) in [5.41, 5.74) is 2.33. The molecule has 4 heteroatoms. The lowest BCUT2D eigenvalue weighted by atomic mass is 9.92. The first-order valence-corrected chi connectivity index (χ1v) is 4.90. The molecule has 1 aromatic carbocycles. The first kappa shape index (κ1) is 10.6. The van der Waals surface area contributed by atoms with Gasteiger partial charge in [-0.3, -0.25) is 0 Å². The molecule has 0 unspecified atom stereocenters. The van der Waals surface area contributed by atoms with Crippen LogP contribution in [0.15, 0.2) is 34.8 Å². The van der Waals surface area contributed by atoms with Crippen LogP contribution in [0.2, 0.25) is 0 Å². The lowest BCUT2D eigenvalue weighted by molar-refractivity contribution is 1.32. The maximum atomic E-state index is 8.91. The van der Waals surface area contributed by atoms with Gasteiger partial charge >= 0.3 is 0 Å². The Balaban J connectivity index is 2.74. The van der Waals surface area contributed by atoms with Crippen molar-refractivity contribution in [1.82, 2.24) is 0 Å². The van der Waals surface area contributed by atoms with Crippen molar-refractivity contribution in [2.24, 2.45) is 4.99 Å². The molecule has 0 aliphatic carbocycles. The zero-order chi connectivity index (χ0) is 12.3. The Kier molecular flexibility index (Phi) is 2.69. The Labute approximate surface area is 98.4 Å². The fourth-order valence-electron chi connectivity index (χ4n) is 1.72. The number of rotatable bonds is 0. The van der Waals surface area contributed by atoms with Gasteiger partial charge in [0.25, 0.3) is 0 Å². The zero-order valence-electron chi connectivity index (χ0n) is 8.81. The van der Waals surface area contributed by atoms with Gasteiger partial charge in [-0.25, -0.2) is 4.99 Å². The largest absolute Gasteiger partial charge is 0.241 e. The van der Waals surface area contributed by atoms with Gasteiger partial charge in [-0.05, 0) is 11.6 Å². The van der Waals surface area contributed by atoms with E-state index in [2.05, 4.69) is 4.99 Å². The molecule has 0 fully saturated rings. The quantitative estimate of drug-likeness (QED) is 0.627. The highest BCUT2D eigenvalue weighted by atomic mass is 14.8. The molecule has 1 aromatic rings. The maximum absolute atomic E-state index is 8.91. The van der Waals surface area contributed by atoms with Crippen LogP contribution in [0.4, 0.5) is 5.69 Å². The molecule has 0 saturated carbocycles. The SMILES string of the molecule is N#CC1=Nc2ccccc2C(=C(C#N)C#N)C1. The fourth-order valence-corrected chi connectivity index (χ4v) is 1.72. The van der Waals surface area contributed by atoms with Crippen LogP contribution >= 0.6 is 0 Å². The number of fused-ring (bicyclic) bond motifs is 1. The molecule has 0 bridgehead atoms. The maximum Gasteiger partial charge on any atom is 0.133 e. The molecule has 0 radical (unpaired) electrons. The third-order valence-electron chi connectivity index (χ3n) is 2.48. The topological polar surface area (TPSA) is 83.7 Å². The number of nitrogens with zero attached hydrogens (tertiary/aromatic N) is 4. The zero-order valence-corrected chi connectivity index (χ0v) is 8.81. The Morgan fingerprint density at radius 3 is 2.47 bits per heavy atom. The second-order valence-electron chi connectivity index (χ2n) is 3.44. The number of benzene rings is 1. The average Bonchev–Trinajstić information content (AvgIpc) is 2.39. The predicted molar refractivity (Wildman–Crippen MR) is 61.9 cm³/mol. The summed E-state index contributed by atoms with van der Waals surface area (Å²) >= 11 is 0. The van der Waals surface area contributed by atoms with E-state index in [1.54, 1.807) is 18.2 Å². The molecule has 17 heavy (non-hydrogen) atoms. The molecule has 4 nitrogen and oxygen atoms in total. The third kappa shape index (κ3) is 1.78. The van der Waals surface area contributed by atoms with Crippen LogP contribution < -0.4 is 0 Å². The molecule has 1 aliphatic rings. The minimum atomic E-state index is 0.0418. The number of allylic oxidation sites excluding steroid dienone is 2. The summed E-state index contributed by atoms with van der Waals surface area (Å²) in [4.78, 5) is 4.17. The van der Waals surface area contributed by atoms with Crippen molar-refractivity contribution in [3.05, 3.63) is 35.4 Å². The first-order chi connectivity index (χ1) is 8.30. The lowest BCUT2D eigenvalue weighted by Gasteiger charge is -2.14. The molecule has 0 aromatic heterocycles. The highest BCUT2D eigenvalue weighted by Gasteiger charge is 2.19. The molecule has 78 valence electrons. The van der Waals surface area contributed by atoms with E-state index in [0.29, 0.717) is 17.0 Å². The van der Waals surface area contributed by atoms with Crippen molar-refractivity contribution < 1.29 is 0 Å². The van der Waals surface area contributed by atoms with E-state index in [0.717, 1.165) is 5.56 Å². The average molecular weight is 218 g/mol. The van der Waals surface area contributed by atoms with Crippen molar-refractivity contribution in [1.29, 1.82) is 15.8 Å². The van der Waals surface area contributed by atoms with Gasteiger partial charge in [-0.15, -0.1) is 0 Å². The number of hydrogen-bond donors (Lipinski definition) is 0. The molecular formula is C13H6N4. The molecule has 2 rings (SSSR count). The second kappa shape index (κ2) is 4.31. The van der Waals surface area contributed by atoms with Crippen molar-refractivity contribution in [2.75, 3.05) is 0 Å². The van der Waals surface area contributed by atoms with Crippen LogP contribution in [0.25, 0.3) is 5.57 Å². The van der Waals surface area contributed by atoms with Crippen molar-refractivity contribution in [2.45, 2.75) is 6.42 Å². The summed E-state index contributed by atoms with van der Waals surface area (Å²) < 4.78 is 0. The predicted octanol–water partition coefficient (Wildman–Crippen LogP) is 2.49. The number of hydrogen-bond acceptors (Lipinski definition) is 4. The van der Waals surface area contributed by atoms with Crippen LogP contribution in [-0.4, -0.2) is 5.71 Å².